The second kappa shape index (κ2) is 6.91. The average Bonchev–Trinajstić information content (AvgIpc) is 2.43. The van der Waals surface area contributed by atoms with E-state index in [1.807, 2.05) is 26.0 Å². The second-order valence-corrected chi connectivity index (χ2v) is 4.96. The molecular weight excluding hydrogens is 256 g/mol. The van der Waals surface area contributed by atoms with Gasteiger partial charge < -0.3 is 21.2 Å². The number of aryl methyl sites for hydroxylation is 1. The number of rotatable bonds is 5. The van der Waals surface area contributed by atoms with Gasteiger partial charge in [-0.1, -0.05) is 17.3 Å². The number of hydrogen-bond donors (Lipinski definition) is 3. The van der Waals surface area contributed by atoms with Gasteiger partial charge in [0.2, 0.25) is 5.91 Å². The molecule has 0 aromatic heterocycles. The Morgan fingerprint density at radius 2 is 2.15 bits per heavy atom. The van der Waals surface area contributed by atoms with Gasteiger partial charge in [0.05, 0.1) is 6.04 Å². The number of amides is 1. The molecule has 1 amide bonds. The topological polar surface area (TPSA) is 91.0 Å². The minimum absolute atomic E-state index is 0.0379. The number of benzene rings is 1. The standard InChI is InChI=1S/C14H22N4O2/c1-9-7-11(13(15)17-20)5-6-12(9)8-16-10(2)14(19)18(3)4/h5-7,10,16,20H,8H2,1-4H3,(H2,15,17). The molecule has 0 aliphatic heterocycles. The van der Waals surface area contributed by atoms with Crippen molar-refractivity contribution in [3.63, 3.8) is 0 Å². The van der Waals surface area contributed by atoms with Crippen molar-refractivity contribution >= 4 is 11.7 Å². The van der Waals surface area contributed by atoms with Crippen molar-refractivity contribution in [2.24, 2.45) is 10.9 Å². The van der Waals surface area contributed by atoms with E-state index in [2.05, 4.69) is 10.5 Å². The minimum atomic E-state index is -0.242. The molecule has 0 saturated carbocycles. The lowest BCUT2D eigenvalue weighted by Gasteiger charge is -2.18. The van der Waals surface area contributed by atoms with Crippen LogP contribution in [-0.4, -0.2) is 42.0 Å². The molecule has 0 heterocycles. The van der Waals surface area contributed by atoms with Crippen molar-refractivity contribution in [3.8, 4) is 0 Å². The summed E-state index contributed by atoms with van der Waals surface area (Å²) in [5, 5.41) is 14.8. The van der Waals surface area contributed by atoms with Crippen LogP contribution in [0.3, 0.4) is 0 Å². The zero-order chi connectivity index (χ0) is 15.3. The van der Waals surface area contributed by atoms with E-state index in [-0.39, 0.29) is 17.8 Å². The Hall–Kier alpha value is -2.08. The molecule has 1 aromatic carbocycles. The third-order valence-corrected chi connectivity index (χ3v) is 3.16. The fourth-order valence-corrected chi connectivity index (χ4v) is 1.85. The van der Waals surface area contributed by atoms with Crippen molar-refractivity contribution < 1.29 is 10.0 Å². The molecule has 20 heavy (non-hydrogen) atoms. The largest absolute Gasteiger partial charge is 0.409 e. The van der Waals surface area contributed by atoms with Crippen molar-refractivity contribution in [1.82, 2.24) is 10.2 Å². The zero-order valence-corrected chi connectivity index (χ0v) is 12.3. The minimum Gasteiger partial charge on any atom is -0.409 e. The van der Waals surface area contributed by atoms with Crippen molar-refractivity contribution in [2.75, 3.05) is 14.1 Å². The van der Waals surface area contributed by atoms with Crippen LogP contribution in [0.5, 0.6) is 0 Å². The van der Waals surface area contributed by atoms with E-state index in [0.29, 0.717) is 12.1 Å². The summed E-state index contributed by atoms with van der Waals surface area (Å²) < 4.78 is 0. The lowest BCUT2D eigenvalue weighted by Crippen LogP contribution is -2.41. The Bertz CT molecular complexity index is 512. The number of hydrogen-bond acceptors (Lipinski definition) is 4. The van der Waals surface area contributed by atoms with E-state index in [1.54, 1.807) is 25.1 Å². The second-order valence-electron chi connectivity index (χ2n) is 4.96. The van der Waals surface area contributed by atoms with E-state index < -0.39 is 0 Å². The van der Waals surface area contributed by atoms with Crippen LogP contribution in [0, 0.1) is 6.92 Å². The van der Waals surface area contributed by atoms with Gasteiger partial charge in [0, 0.05) is 26.2 Å². The van der Waals surface area contributed by atoms with Crippen LogP contribution in [0.25, 0.3) is 0 Å². The van der Waals surface area contributed by atoms with Crippen molar-refractivity contribution in [2.45, 2.75) is 26.4 Å². The van der Waals surface area contributed by atoms with Crippen LogP contribution in [0.2, 0.25) is 0 Å². The summed E-state index contributed by atoms with van der Waals surface area (Å²) in [5.41, 5.74) is 8.30. The van der Waals surface area contributed by atoms with Gasteiger partial charge in [-0.25, -0.2) is 0 Å². The van der Waals surface area contributed by atoms with E-state index >= 15 is 0 Å². The summed E-state index contributed by atoms with van der Waals surface area (Å²) in [6.07, 6.45) is 0. The lowest BCUT2D eigenvalue weighted by molar-refractivity contribution is -0.130. The molecular formula is C14H22N4O2. The van der Waals surface area contributed by atoms with Gasteiger partial charge in [-0.3, -0.25) is 4.79 Å². The molecule has 0 radical (unpaired) electrons. The molecule has 0 spiro atoms. The van der Waals surface area contributed by atoms with E-state index in [4.69, 9.17) is 10.9 Å². The number of carbonyl (C=O) groups is 1. The van der Waals surface area contributed by atoms with Crippen LogP contribution in [0.4, 0.5) is 0 Å². The van der Waals surface area contributed by atoms with Crippen LogP contribution in [-0.2, 0) is 11.3 Å². The van der Waals surface area contributed by atoms with Crippen LogP contribution >= 0.6 is 0 Å². The summed E-state index contributed by atoms with van der Waals surface area (Å²) in [6, 6.07) is 5.30. The lowest BCUT2D eigenvalue weighted by atomic mass is 10.0. The SMILES string of the molecule is Cc1cc(/C(N)=N/O)ccc1CNC(C)C(=O)N(C)C. The molecule has 1 aromatic rings. The maximum atomic E-state index is 11.7. The third kappa shape index (κ3) is 3.96. The van der Waals surface area contributed by atoms with Gasteiger partial charge in [0.1, 0.15) is 0 Å². The number of amidine groups is 1. The third-order valence-electron chi connectivity index (χ3n) is 3.16. The molecule has 0 aliphatic carbocycles. The highest BCUT2D eigenvalue weighted by atomic mass is 16.4. The van der Waals surface area contributed by atoms with Gasteiger partial charge in [-0.2, -0.15) is 0 Å². The Kier molecular flexibility index (Phi) is 5.52. The average molecular weight is 278 g/mol. The smallest absolute Gasteiger partial charge is 0.238 e. The monoisotopic (exact) mass is 278 g/mol. The van der Waals surface area contributed by atoms with Gasteiger partial charge >= 0.3 is 0 Å². The summed E-state index contributed by atoms with van der Waals surface area (Å²) in [7, 11) is 3.47. The van der Waals surface area contributed by atoms with Crippen LogP contribution < -0.4 is 11.1 Å². The summed E-state index contributed by atoms with van der Waals surface area (Å²) in [6.45, 7) is 4.37. The highest BCUT2D eigenvalue weighted by Crippen LogP contribution is 2.11. The fraction of sp³-hybridized carbons (Fsp3) is 0.429. The number of nitrogens with zero attached hydrogens (tertiary/aromatic N) is 2. The number of oxime groups is 1. The maximum Gasteiger partial charge on any atom is 0.238 e. The quantitative estimate of drug-likeness (QED) is 0.319. The highest BCUT2D eigenvalue weighted by molar-refractivity contribution is 5.97. The van der Waals surface area contributed by atoms with Crippen molar-refractivity contribution in [1.29, 1.82) is 0 Å². The van der Waals surface area contributed by atoms with E-state index in [1.165, 1.54) is 0 Å². The number of likely N-dealkylation sites (N-methyl/N-ethyl adjacent to an activating group) is 1. The summed E-state index contributed by atoms with van der Waals surface area (Å²) in [5.74, 6) is 0.125. The summed E-state index contributed by atoms with van der Waals surface area (Å²) >= 11 is 0. The molecule has 0 aliphatic rings. The molecule has 6 heteroatoms. The van der Waals surface area contributed by atoms with Gasteiger partial charge in [-0.15, -0.1) is 0 Å². The zero-order valence-electron chi connectivity index (χ0n) is 12.3. The van der Waals surface area contributed by atoms with E-state index in [9.17, 15) is 4.79 Å². The molecule has 1 atom stereocenters. The molecule has 0 saturated heterocycles. The molecule has 1 rings (SSSR count). The normalized spacial score (nSPS) is 13.1. The Labute approximate surface area is 119 Å². The van der Waals surface area contributed by atoms with Crippen LogP contribution in [0.1, 0.15) is 23.6 Å². The maximum absolute atomic E-state index is 11.7. The molecule has 0 bridgehead atoms. The number of carbonyl (C=O) groups excluding carboxylic acids is 1. The van der Waals surface area contributed by atoms with E-state index in [0.717, 1.165) is 11.1 Å². The molecule has 1 unspecified atom stereocenters. The first-order valence-corrected chi connectivity index (χ1v) is 6.38. The molecule has 110 valence electrons. The van der Waals surface area contributed by atoms with Gasteiger partial charge in [-0.05, 0) is 31.0 Å². The Morgan fingerprint density at radius 3 is 2.65 bits per heavy atom. The Balaban J connectivity index is 2.73. The first-order chi connectivity index (χ1) is 9.36. The van der Waals surface area contributed by atoms with Crippen LogP contribution in [0.15, 0.2) is 23.4 Å². The fourth-order valence-electron chi connectivity index (χ4n) is 1.85. The highest BCUT2D eigenvalue weighted by Gasteiger charge is 2.14. The molecule has 6 nitrogen and oxygen atoms in total. The van der Waals surface area contributed by atoms with Gasteiger partial charge in [0.25, 0.3) is 0 Å². The first-order valence-electron chi connectivity index (χ1n) is 6.38. The first kappa shape index (κ1) is 16.0. The summed E-state index contributed by atoms with van der Waals surface area (Å²) in [4.78, 5) is 13.3. The predicted octanol–water partition coefficient (Wildman–Crippen LogP) is 0.656. The molecule has 0 fully saturated rings. The predicted molar refractivity (Wildman–Crippen MR) is 78.7 cm³/mol. The number of nitrogens with two attached hydrogens (primary N) is 1. The Morgan fingerprint density at radius 1 is 1.50 bits per heavy atom. The van der Waals surface area contributed by atoms with Gasteiger partial charge in [0.15, 0.2) is 5.84 Å². The number of nitrogens with one attached hydrogen (secondary N) is 1. The van der Waals surface area contributed by atoms with Crippen molar-refractivity contribution in [3.05, 3.63) is 34.9 Å². The molecule has 4 N–H and O–H groups in total.